The molecule has 1 amide bonds. The molecule has 0 aliphatic rings. The fourth-order valence-corrected chi connectivity index (χ4v) is 3.08. The van der Waals surface area contributed by atoms with Gasteiger partial charge in [0, 0.05) is 11.3 Å². The molecule has 5 nitrogen and oxygen atoms in total. The van der Waals surface area contributed by atoms with Gasteiger partial charge in [0.2, 0.25) is 0 Å². The molecule has 0 atom stereocenters. The first kappa shape index (κ1) is 19.7. The average molecular weight is 377 g/mol. The maximum absolute atomic E-state index is 12.3. The van der Waals surface area contributed by atoms with E-state index in [9.17, 15) is 4.79 Å². The van der Waals surface area contributed by atoms with Gasteiger partial charge in [0.05, 0.1) is 18.8 Å². The first-order chi connectivity index (χ1) is 13.4. The summed E-state index contributed by atoms with van der Waals surface area (Å²) in [6, 6.07) is 15.7. The minimum absolute atomic E-state index is 0.0952. The van der Waals surface area contributed by atoms with Gasteiger partial charge >= 0.3 is 0 Å². The van der Waals surface area contributed by atoms with Crippen LogP contribution in [0.1, 0.15) is 38.4 Å². The summed E-state index contributed by atoms with van der Waals surface area (Å²) in [6.07, 6.45) is 0. The largest absolute Gasteiger partial charge is 0.491 e. The second-order valence-electron chi connectivity index (χ2n) is 7.08. The van der Waals surface area contributed by atoms with Crippen LogP contribution in [0.4, 0.5) is 0 Å². The summed E-state index contributed by atoms with van der Waals surface area (Å²) in [4.78, 5) is 12.3. The second kappa shape index (κ2) is 8.74. The van der Waals surface area contributed by atoms with Gasteiger partial charge in [0.25, 0.3) is 5.91 Å². The average Bonchev–Trinajstić information content (AvgIpc) is 2.99. The molecular weight excluding hydrogens is 350 g/mol. The molecule has 0 saturated heterocycles. The van der Waals surface area contributed by atoms with Gasteiger partial charge in [-0.25, -0.2) is 0 Å². The van der Waals surface area contributed by atoms with Crippen molar-refractivity contribution in [3.63, 3.8) is 0 Å². The van der Waals surface area contributed by atoms with Crippen LogP contribution in [-0.4, -0.2) is 28.8 Å². The number of ether oxygens (including phenoxy) is 1. The van der Waals surface area contributed by atoms with E-state index in [0.29, 0.717) is 25.3 Å². The molecule has 146 valence electrons. The van der Waals surface area contributed by atoms with Crippen LogP contribution < -0.4 is 10.1 Å². The number of rotatable bonds is 7. The normalized spacial score (nSPS) is 10.7. The van der Waals surface area contributed by atoms with Crippen LogP contribution in [0.5, 0.6) is 5.75 Å². The Morgan fingerprint density at radius 1 is 1.07 bits per heavy atom. The van der Waals surface area contributed by atoms with Crippen LogP contribution in [0.3, 0.4) is 0 Å². The highest BCUT2D eigenvalue weighted by Crippen LogP contribution is 2.20. The van der Waals surface area contributed by atoms with Crippen molar-refractivity contribution in [2.45, 2.75) is 34.2 Å². The quantitative estimate of drug-likeness (QED) is 0.634. The zero-order chi connectivity index (χ0) is 20.1. The maximum Gasteiger partial charge on any atom is 0.251 e. The van der Waals surface area contributed by atoms with Gasteiger partial charge in [-0.15, -0.1) is 0 Å². The van der Waals surface area contributed by atoms with Crippen molar-refractivity contribution >= 4 is 5.91 Å². The van der Waals surface area contributed by atoms with Crippen LogP contribution >= 0.6 is 0 Å². The van der Waals surface area contributed by atoms with E-state index in [-0.39, 0.29) is 5.91 Å². The highest BCUT2D eigenvalue weighted by atomic mass is 16.5. The fraction of sp³-hybridized carbons (Fsp3) is 0.304. The van der Waals surface area contributed by atoms with E-state index in [1.165, 1.54) is 5.56 Å². The van der Waals surface area contributed by atoms with Crippen molar-refractivity contribution in [2.24, 2.45) is 0 Å². The zero-order valence-corrected chi connectivity index (χ0v) is 17.0. The lowest BCUT2D eigenvalue weighted by Gasteiger charge is -2.11. The Morgan fingerprint density at radius 3 is 2.50 bits per heavy atom. The van der Waals surface area contributed by atoms with Gasteiger partial charge in [0.1, 0.15) is 12.4 Å². The Kier molecular flexibility index (Phi) is 6.14. The molecule has 3 aromatic rings. The fourth-order valence-electron chi connectivity index (χ4n) is 3.08. The summed E-state index contributed by atoms with van der Waals surface area (Å²) in [5.41, 5.74) is 6.22. The Bertz CT molecular complexity index is 958. The Balaban J connectivity index is 1.49. The predicted octanol–water partition coefficient (Wildman–Crippen LogP) is 3.97. The Hall–Kier alpha value is -3.08. The summed E-state index contributed by atoms with van der Waals surface area (Å²) in [6.45, 7) is 9.72. The van der Waals surface area contributed by atoms with Crippen LogP contribution in [0.25, 0.3) is 0 Å². The monoisotopic (exact) mass is 377 g/mol. The first-order valence-corrected chi connectivity index (χ1v) is 9.51. The molecule has 1 aromatic heterocycles. The van der Waals surface area contributed by atoms with Crippen LogP contribution in [-0.2, 0) is 6.54 Å². The third kappa shape index (κ3) is 4.80. The molecule has 5 heteroatoms. The third-order valence-electron chi connectivity index (χ3n) is 4.85. The number of nitrogens with zero attached hydrogens (tertiary/aromatic N) is 2. The lowest BCUT2D eigenvalue weighted by Crippen LogP contribution is -2.28. The summed E-state index contributed by atoms with van der Waals surface area (Å²) in [5.74, 6) is 0.769. The van der Waals surface area contributed by atoms with Gasteiger partial charge in [0.15, 0.2) is 0 Å². The Labute approximate surface area is 166 Å². The molecule has 28 heavy (non-hydrogen) atoms. The van der Waals surface area contributed by atoms with Gasteiger partial charge in [-0.3, -0.25) is 9.48 Å². The molecule has 1 heterocycles. The highest BCUT2D eigenvalue weighted by molar-refractivity contribution is 5.94. The standard InChI is InChI=1S/C23H27N3O2/c1-16-6-5-7-22(19(16)4)28-13-12-24-23(27)21-10-8-20(9-11-21)15-26-18(3)14-17(2)25-26/h5-11,14H,12-13,15H2,1-4H3,(H,24,27). The van der Waals surface area contributed by atoms with E-state index in [0.717, 1.165) is 28.3 Å². The van der Waals surface area contributed by atoms with Crippen molar-refractivity contribution in [1.29, 1.82) is 0 Å². The summed E-state index contributed by atoms with van der Waals surface area (Å²) >= 11 is 0. The van der Waals surface area contributed by atoms with E-state index in [4.69, 9.17) is 4.74 Å². The van der Waals surface area contributed by atoms with E-state index < -0.39 is 0 Å². The molecule has 0 bridgehead atoms. The van der Waals surface area contributed by atoms with Crippen LogP contribution in [0.2, 0.25) is 0 Å². The Morgan fingerprint density at radius 2 is 1.82 bits per heavy atom. The molecular formula is C23H27N3O2. The van der Waals surface area contributed by atoms with Gasteiger partial charge < -0.3 is 10.1 Å². The summed E-state index contributed by atoms with van der Waals surface area (Å²) < 4.78 is 7.75. The van der Waals surface area contributed by atoms with Crippen LogP contribution in [0, 0.1) is 27.7 Å². The lowest BCUT2D eigenvalue weighted by molar-refractivity contribution is 0.0947. The zero-order valence-electron chi connectivity index (χ0n) is 17.0. The van der Waals surface area contributed by atoms with Gasteiger partial charge in [-0.05, 0) is 68.7 Å². The van der Waals surface area contributed by atoms with E-state index in [1.54, 1.807) is 0 Å². The summed E-state index contributed by atoms with van der Waals surface area (Å²) in [5, 5.41) is 7.38. The van der Waals surface area contributed by atoms with Crippen molar-refractivity contribution in [3.8, 4) is 5.75 Å². The minimum atomic E-state index is -0.0952. The van der Waals surface area contributed by atoms with Crippen molar-refractivity contribution in [1.82, 2.24) is 15.1 Å². The number of aryl methyl sites for hydroxylation is 3. The molecule has 3 rings (SSSR count). The number of benzene rings is 2. The van der Waals surface area contributed by atoms with Gasteiger partial charge in [-0.2, -0.15) is 5.10 Å². The molecule has 0 aliphatic carbocycles. The highest BCUT2D eigenvalue weighted by Gasteiger charge is 2.07. The van der Waals surface area contributed by atoms with E-state index in [1.807, 2.05) is 61.9 Å². The molecule has 0 aliphatic heterocycles. The molecule has 0 unspecified atom stereocenters. The number of nitrogens with one attached hydrogen (secondary N) is 1. The van der Waals surface area contributed by atoms with Gasteiger partial charge in [-0.1, -0.05) is 24.3 Å². The predicted molar refractivity (Wildman–Crippen MR) is 111 cm³/mol. The molecule has 0 saturated carbocycles. The molecule has 0 radical (unpaired) electrons. The number of amides is 1. The smallest absolute Gasteiger partial charge is 0.251 e. The van der Waals surface area contributed by atoms with Crippen molar-refractivity contribution in [3.05, 3.63) is 82.2 Å². The molecule has 2 aromatic carbocycles. The van der Waals surface area contributed by atoms with Crippen molar-refractivity contribution < 1.29 is 9.53 Å². The molecule has 0 fully saturated rings. The van der Waals surface area contributed by atoms with E-state index >= 15 is 0 Å². The summed E-state index contributed by atoms with van der Waals surface area (Å²) in [7, 11) is 0. The SMILES string of the molecule is Cc1cc(C)n(Cc2ccc(C(=O)NCCOc3cccc(C)c3C)cc2)n1. The van der Waals surface area contributed by atoms with Crippen molar-refractivity contribution in [2.75, 3.05) is 13.2 Å². The molecule has 1 N–H and O–H groups in total. The molecule has 0 spiro atoms. The lowest BCUT2D eigenvalue weighted by atomic mass is 10.1. The third-order valence-corrected chi connectivity index (χ3v) is 4.85. The number of aromatic nitrogens is 2. The topological polar surface area (TPSA) is 56.2 Å². The van der Waals surface area contributed by atoms with Crippen LogP contribution in [0.15, 0.2) is 48.5 Å². The number of carbonyl (C=O) groups is 1. The van der Waals surface area contributed by atoms with E-state index in [2.05, 4.69) is 29.5 Å². The number of carbonyl (C=O) groups excluding carboxylic acids is 1. The number of hydrogen-bond donors (Lipinski definition) is 1. The first-order valence-electron chi connectivity index (χ1n) is 9.51. The maximum atomic E-state index is 12.3. The number of hydrogen-bond acceptors (Lipinski definition) is 3. The second-order valence-corrected chi connectivity index (χ2v) is 7.08. The minimum Gasteiger partial charge on any atom is -0.491 e.